The Kier molecular flexibility index (Phi) is 9.93. The zero-order valence-corrected chi connectivity index (χ0v) is 21.8. The lowest BCUT2D eigenvalue weighted by Gasteiger charge is -2.26. The van der Waals surface area contributed by atoms with Crippen LogP contribution in [0.4, 0.5) is 5.69 Å². The normalized spacial score (nSPS) is 14.8. The highest BCUT2D eigenvalue weighted by Crippen LogP contribution is 2.42. The van der Waals surface area contributed by atoms with Crippen LogP contribution in [0.25, 0.3) is 0 Å². The van der Waals surface area contributed by atoms with Crippen LogP contribution >= 0.6 is 11.8 Å². The minimum absolute atomic E-state index is 0.371. The Balaban J connectivity index is 2.14. The molecule has 1 aliphatic rings. The third-order valence-electron chi connectivity index (χ3n) is 6.53. The smallest absolute Gasteiger partial charge is 0.162 e. The number of benzene rings is 2. The van der Waals surface area contributed by atoms with Gasteiger partial charge in [0.15, 0.2) is 11.5 Å². The first kappa shape index (κ1) is 26.5. The second-order valence-corrected chi connectivity index (χ2v) is 9.74. The first-order valence-corrected chi connectivity index (χ1v) is 13.1. The second kappa shape index (κ2) is 13.1. The lowest BCUT2D eigenvalue weighted by molar-refractivity contribution is 0.355. The molecule has 3 rings (SSSR count). The third kappa shape index (κ3) is 6.52. The van der Waals surface area contributed by atoms with Gasteiger partial charge in [-0.05, 0) is 53.3 Å². The van der Waals surface area contributed by atoms with E-state index >= 15 is 0 Å². The van der Waals surface area contributed by atoms with Crippen LogP contribution in [0, 0.1) is 17.9 Å². The monoisotopic (exact) mass is 488 g/mol. The van der Waals surface area contributed by atoms with E-state index in [0.29, 0.717) is 33.7 Å². The summed E-state index contributed by atoms with van der Waals surface area (Å²) in [6.07, 6.45) is 15.0. The molecule has 184 valence electrons. The maximum Gasteiger partial charge on any atom is 0.162 e. The molecule has 1 aliphatic carbocycles. The number of methoxy groups -OCH3 is 2. The van der Waals surface area contributed by atoms with Crippen molar-refractivity contribution in [3.63, 3.8) is 0 Å². The van der Waals surface area contributed by atoms with E-state index in [2.05, 4.69) is 55.2 Å². The van der Waals surface area contributed by atoms with E-state index < -0.39 is 0 Å². The third-order valence-corrected chi connectivity index (χ3v) is 7.36. The van der Waals surface area contributed by atoms with Gasteiger partial charge in [-0.3, -0.25) is 0 Å². The maximum absolute atomic E-state index is 9.23. The van der Waals surface area contributed by atoms with Gasteiger partial charge in [0, 0.05) is 17.0 Å². The summed E-state index contributed by atoms with van der Waals surface area (Å²) in [6.45, 7) is 6.32. The zero-order chi connectivity index (χ0) is 25.2. The van der Waals surface area contributed by atoms with Gasteiger partial charge in [-0.25, -0.2) is 0 Å². The maximum atomic E-state index is 9.23. The number of anilines is 1. The summed E-state index contributed by atoms with van der Waals surface area (Å²) >= 11 is 1.48. The molecule has 0 heterocycles. The SMILES string of the molecule is C#CNc1cc(OC)c(OC)cc1C(C(=N)C(=C)SC=CCC)c1cccc(C2CCCCC2)c1. The molecule has 1 unspecified atom stereocenters. The number of hydrogen-bond donors (Lipinski definition) is 2. The summed E-state index contributed by atoms with van der Waals surface area (Å²) < 4.78 is 11.1. The van der Waals surface area contributed by atoms with Crippen molar-refractivity contribution in [1.82, 2.24) is 0 Å². The number of rotatable bonds is 11. The van der Waals surface area contributed by atoms with Gasteiger partial charge in [-0.2, -0.15) is 0 Å². The van der Waals surface area contributed by atoms with Crippen LogP contribution < -0.4 is 14.8 Å². The molecule has 35 heavy (non-hydrogen) atoms. The Morgan fingerprint density at radius 3 is 2.57 bits per heavy atom. The van der Waals surface area contributed by atoms with Crippen molar-refractivity contribution >= 4 is 23.2 Å². The van der Waals surface area contributed by atoms with Crippen LogP contribution in [0.5, 0.6) is 11.5 Å². The van der Waals surface area contributed by atoms with Gasteiger partial charge in [0.2, 0.25) is 0 Å². The molecule has 4 nitrogen and oxygen atoms in total. The van der Waals surface area contributed by atoms with Crippen LogP contribution in [0.15, 0.2) is 59.4 Å². The Labute approximate surface area is 214 Å². The van der Waals surface area contributed by atoms with E-state index in [0.717, 1.165) is 17.5 Å². The van der Waals surface area contributed by atoms with Gasteiger partial charge in [0.05, 0.1) is 31.5 Å². The average Bonchev–Trinajstić information content (AvgIpc) is 2.90. The first-order valence-electron chi connectivity index (χ1n) is 12.2. The molecule has 1 atom stereocenters. The largest absolute Gasteiger partial charge is 0.493 e. The van der Waals surface area contributed by atoms with E-state index in [1.807, 2.05) is 17.5 Å². The van der Waals surface area contributed by atoms with Crippen molar-refractivity contribution in [2.75, 3.05) is 19.5 Å². The molecule has 1 saturated carbocycles. The topological polar surface area (TPSA) is 54.3 Å². The number of thioether (sulfide) groups is 1. The summed E-state index contributed by atoms with van der Waals surface area (Å²) in [6, 6.07) is 15.0. The Bertz CT molecular complexity index is 1110. The minimum atomic E-state index is -0.371. The lowest BCUT2D eigenvalue weighted by Crippen LogP contribution is -2.17. The molecule has 1 fully saturated rings. The second-order valence-electron chi connectivity index (χ2n) is 8.74. The number of hydrogen-bond acceptors (Lipinski definition) is 5. The standard InChI is InChI=1S/C30H36N2O2S/c1-6-8-17-35-21(3)30(31)29(24-16-12-15-23(18-24)22-13-10-9-11-14-22)25-19-27(33-4)28(34-5)20-26(25)32-7-2/h2,8,12,15-20,22,29,31-32H,3,6,9-11,13-14H2,1,4-5H3. The zero-order valence-electron chi connectivity index (χ0n) is 21.0. The van der Waals surface area contributed by atoms with Crippen LogP contribution in [-0.2, 0) is 0 Å². The van der Waals surface area contributed by atoms with Gasteiger partial charge in [-0.1, -0.05) is 81.3 Å². The minimum Gasteiger partial charge on any atom is -0.493 e. The van der Waals surface area contributed by atoms with Gasteiger partial charge in [-0.15, -0.1) is 0 Å². The van der Waals surface area contributed by atoms with Crippen LogP contribution in [-0.4, -0.2) is 19.9 Å². The summed E-state index contributed by atoms with van der Waals surface area (Å²) in [7, 11) is 3.22. The lowest BCUT2D eigenvalue weighted by atomic mass is 9.80. The highest BCUT2D eigenvalue weighted by Gasteiger charge is 2.27. The van der Waals surface area contributed by atoms with Gasteiger partial charge < -0.3 is 20.2 Å². The molecule has 2 N–H and O–H groups in total. The van der Waals surface area contributed by atoms with E-state index in [-0.39, 0.29) is 5.92 Å². The molecule has 0 bridgehead atoms. The highest BCUT2D eigenvalue weighted by atomic mass is 32.2. The predicted octanol–water partition coefficient (Wildman–Crippen LogP) is 8.08. The Hall–Kier alpha value is -3.10. The molecule has 5 heteroatoms. The quantitative estimate of drug-likeness (QED) is 0.191. The molecule has 0 amide bonds. The van der Waals surface area contributed by atoms with Crippen molar-refractivity contribution < 1.29 is 9.47 Å². The number of terminal acetylenes is 1. The van der Waals surface area contributed by atoms with Crippen LogP contribution in [0.2, 0.25) is 0 Å². The molecular weight excluding hydrogens is 452 g/mol. The summed E-state index contributed by atoms with van der Waals surface area (Å²) in [5.74, 6) is 1.37. The molecule has 2 aromatic rings. The van der Waals surface area contributed by atoms with Crippen LogP contribution in [0.3, 0.4) is 0 Å². The van der Waals surface area contributed by atoms with E-state index in [9.17, 15) is 5.41 Å². The van der Waals surface area contributed by atoms with E-state index in [4.69, 9.17) is 15.9 Å². The Morgan fingerprint density at radius 2 is 1.91 bits per heavy atom. The highest BCUT2D eigenvalue weighted by molar-refractivity contribution is 8.06. The summed E-state index contributed by atoms with van der Waals surface area (Å²) in [5.41, 5.74) is 4.39. The number of nitrogens with one attached hydrogen (secondary N) is 2. The van der Waals surface area contributed by atoms with Gasteiger partial charge in [0.1, 0.15) is 0 Å². The fourth-order valence-corrected chi connectivity index (χ4v) is 5.40. The number of ether oxygens (including phenoxy) is 2. The number of allylic oxidation sites excluding steroid dienone is 2. The van der Waals surface area contributed by atoms with Gasteiger partial charge in [0.25, 0.3) is 0 Å². The molecule has 0 saturated heterocycles. The van der Waals surface area contributed by atoms with Crippen molar-refractivity contribution in [1.29, 1.82) is 5.41 Å². The average molecular weight is 489 g/mol. The van der Waals surface area contributed by atoms with Crippen molar-refractivity contribution in [3.8, 4) is 24.0 Å². The fraction of sp³-hybridized carbons (Fsp3) is 0.367. The van der Waals surface area contributed by atoms with E-state index in [1.165, 1.54) is 49.4 Å². The molecule has 0 radical (unpaired) electrons. The summed E-state index contributed by atoms with van der Waals surface area (Å²) in [4.78, 5) is 0.698. The molecule has 0 aromatic heterocycles. The van der Waals surface area contributed by atoms with Crippen molar-refractivity contribution in [2.45, 2.75) is 57.3 Å². The summed E-state index contributed by atoms with van der Waals surface area (Å²) in [5, 5.41) is 14.2. The predicted molar refractivity (Wildman–Crippen MR) is 150 cm³/mol. The molecule has 0 aliphatic heterocycles. The van der Waals surface area contributed by atoms with Crippen LogP contribution in [0.1, 0.15) is 74.0 Å². The molecule has 2 aromatic carbocycles. The van der Waals surface area contributed by atoms with Crippen molar-refractivity contribution in [3.05, 3.63) is 76.1 Å². The fourth-order valence-electron chi connectivity index (χ4n) is 4.70. The Morgan fingerprint density at radius 1 is 1.20 bits per heavy atom. The van der Waals surface area contributed by atoms with Crippen molar-refractivity contribution in [2.24, 2.45) is 0 Å². The van der Waals surface area contributed by atoms with Gasteiger partial charge >= 0.3 is 0 Å². The molecule has 0 spiro atoms. The van der Waals surface area contributed by atoms with E-state index in [1.54, 1.807) is 14.2 Å². The first-order chi connectivity index (χ1) is 17.0. The molecular formula is C30H36N2O2S.